The number of carbonyl (C=O) groups is 2. The Morgan fingerprint density at radius 3 is 2.76 bits per heavy atom. The van der Waals surface area contributed by atoms with E-state index in [-0.39, 0.29) is 18.4 Å². The van der Waals surface area contributed by atoms with E-state index in [1.807, 2.05) is 43.3 Å². The van der Waals surface area contributed by atoms with Crippen LogP contribution in [0.25, 0.3) is 11.3 Å². The Kier molecular flexibility index (Phi) is 6.81. The fourth-order valence-corrected chi connectivity index (χ4v) is 4.23. The van der Waals surface area contributed by atoms with Crippen LogP contribution >= 0.6 is 11.6 Å². The second-order valence-corrected chi connectivity index (χ2v) is 8.69. The Balaban J connectivity index is 1.53. The van der Waals surface area contributed by atoms with Crippen LogP contribution in [-0.4, -0.2) is 51.5 Å². The van der Waals surface area contributed by atoms with E-state index in [4.69, 9.17) is 11.6 Å². The first-order valence-electron chi connectivity index (χ1n) is 10.9. The molecule has 0 radical (unpaired) electrons. The fourth-order valence-electron chi connectivity index (χ4n) is 4.03. The third kappa shape index (κ3) is 4.60. The highest BCUT2D eigenvalue weighted by atomic mass is 35.5. The van der Waals surface area contributed by atoms with Gasteiger partial charge in [-0.1, -0.05) is 53.6 Å². The van der Waals surface area contributed by atoms with Gasteiger partial charge >= 0.3 is 0 Å². The minimum absolute atomic E-state index is 0.241. The van der Waals surface area contributed by atoms with Crippen LogP contribution in [0.5, 0.6) is 0 Å². The Morgan fingerprint density at radius 2 is 2.06 bits per heavy atom. The lowest BCUT2D eigenvalue weighted by Gasteiger charge is -2.26. The number of carbonyl (C=O) groups excluding carboxylic acids is 2. The number of nitrogens with zero attached hydrogens (tertiary/aromatic N) is 3. The molecule has 0 spiro atoms. The number of halogens is 1. The molecule has 2 amide bonds. The Morgan fingerprint density at radius 1 is 1.26 bits per heavy atom. The van der Waals surface area contributed by atoms with Crippen molar-refractivity contribution in [1.29, 1.82) is 0 Å². The molecule has 0 aliphatic carbocycles. The number of aliphatic hydroxyl groups is 1. The van der Waals surface area contributed by atoms with Gasteiger partial charge in [0.25, 0.3) is 5.91 Å². The van der Waals surface area contributed by atoms with Gasteiger partial charge < -0.3 is 20.6 Å². The lowest BCUT2D eigenvalue weighted by molar-refractivity contribution is -0.126. The number of amides is 2. The molecule has 1 aliphatic rings. The van der Waals surface area contributed by atoms with Gasteiger partial charge in [0.05, 0.1) is 29.6 Å². The summed E-state index contributed by atoms with van der Waals surface area (Å²) in [6.45, 7) is 3.71. The molecule has 2 atom stereocenters. The van der Waals surface area contributed by atoms with Crippen LogP contribution in [0, 0.1) is 6.92 Å². The predicted octanol–water partition coefficient (Wildman–Crippen LogP) is 3.34. The van der Waals surface area contributed by atoms with E-state index in [9.17, 15) is 14.7 Å². The second kappa shape index (κ2) is 9.79. The van der Waals surface area contributed by atoms with Gasteiger partial charge in [0, 0.05) is 24.7 Å². The molecule has 176 valence electrons. The van der Waals surface area contributed by atoms with Gasteiger partial charge in [0.1, 0.15) is 6.04 Å². The summed E-state index contributed by atoms with van der Waals surface area (Å²) in [7, 11) is 1.71. The molecule has 0 saturated carbocycles. The van der Waals surface area contributed by atoms with Gasteiger partial charge in [-0.05, 0) is 31.0 Å². The zero-order chi connectivity index (χ0) is 24.4. The van der Waals surface area contributed by atoms with E-state index in [0.29, 0.717) is 34.3 Å². The van der Waals surface area contributed by atoms with Gasteiger partial charge in [0.2, 0.25) is 11.9 Å². The third-order valence-corrected chi connectivity index (χ3v) is 6.25. The van der Waals surface area contributed by atoms with Crippen molar-refractivity contribution >= 4 is 29.4 Å². The van der Waals surface area contributed by atoms with Crippen LogP contribution in [0.15, 0.2) is 48.7 Å². The van der Waals surface area contributed by atoms with Crippen molar-refractivity contribution in [3.05, 3.63) is 75.9 Å². The van der Waals surface area contributed by atoms with Crippen molar-refractivity contribution < 1.29 is 14.7 Å². The first-order chi connectivity index (χ1) is 16.3. The normalized spacial score (nSPS) is 14.5. The fraction of sp³-hybridized carbons (Fsp3) is 0.280. The molecule has 2 heterocycles. The van der Waals surface area contributed by atoms with E-state index in [0.717, 1.165) is 16.7 Å². The average Bonchev–Trinajstić information content (AvgIpc) is 3.17. The van der Waals surface area contributed by atoms with Crippen LogP contribution in [0.1, 0.15) is 40.0 Å². The lowest BCUT2D eigenvalue weighted by Crippen LogP contribution is -2.46. The van der Waals surface area contributed by atoms with Crippen molar-refractivity contribution in [2.24, 2.45) is 0 Å². The minimum Gasteiger partial charge on any atom is -0.394 e. The summed E-state index contributed by atoms with van der Waals surface area (Å²) in [5, 5.41) is 16.0. The molecule has 4 rings (SSSR count). The van der Waals surface area contributed by atoms with Gasteiger partial charge in [-0.2, -0.15) is 0 Å². The smallest absolute Gasteiger partial charge is 0.255 e. The van der Waals surface area contributed by atoms with Crippen molar-refractivity contribution in [2.45, 2.75) is 32.5 Å². The number of aliphatic hydroxyl groups excluding tert-OH is 1. The van der Waals surface area contributed by atoms with Crippen molar-refractivity contribution in [3.8, 4) is 11.3 Å². The molecular weight excluding hydrogens is 454 g/mol. The molecule has 0 saturated heterocycles. The number of hydrogen-bond donors (Lipinski definition) is 3. The van der Waals surface area contributed by atoms with Crippen LogP contribution in [-0.2, 0) is 11.3 Å². The van der Waals surface area contributed by atoms with Gasteiger partial charge in [-0.15, -0.1) is 0 Å². The highest BCUT2D eigenvalue weighted by molar-refractivity contribution is 6.33. The highest BCUT2D eigenvalue weighted by Gasteiger charge is 2.35. The molecule has 3 N–H and O–H groups in total. The number of benzene rings is 2. The number of nitrogens with one attached hydrogen (secondary N) is 2. The maximum atomic E-state index is 13.2. The van der Waals surface area contributed by atoms with Crippen LogP contribution in [0.4, 0.5) is 5.95 Å². The molecule has 0 fully saturated rings. The van der Waals surface area contributed by atoms with E-state index >= 15 is 0 Å². The largest absolute Gasteiger partial charge is 0.394 e. The van der Waals surface area contributed by atoms with Crippen LogP contribution in [0.2, 0.25) is 5.02 Å². The molecule has 1 aliphatic heterocycles. The van der Waals surface area contributed by atoms with Crippen molar-refractivity contribution in [1.82, 2.24) is 20.2 Å². The van der Waals surface area contributed by atoms with Crippen LogP contribution < -0.4 is 10.6 Å². The van der Waals surface area contributed by atoms with E-state index in [1.54, 1.807) is 20.0 Å². The first-order valence-corrected chi connectivity index (χ1v) is 11.3. The Hall–Kier alpha value is -3.49. The number of hydrogen-bond acceptors (Lipinski definition) is 6. The minimum atomic E-state index is -0.722. The number of aromatic nitrogens is 2. The topological polar surface area (TPSA) is 107 Å². The van der Waals surface area contributed by atoms with Crippen molar-refractivity contribution in [2.75, 3.05) is 19.0 Å². The molecule has 0 bridgehead atoms. The zero-order valence-electron chi connectivity index (χ0n) is 19.2. The number of rotatable bonds is 7. The second-order valence-electron chi connectivity index (χ2n) is 8.28. The Labute approximate surface area is 203 Å². The summed E-state index contributed by atoms with van der Waals surface area (Å²) in [6, 6.07) is 11.8. The molecule has 9 heteroatoms. The molecule has 34 heavy (non-hydrogen) atoms. The third-order valence-electron chi connectivity index (χ3n) is 5.97. The van der Waals surface area contributed by atoms with Crippen molar-refractivity contribution in [3.63, 3.8) is 0 Å². The van der Waals surface area contributed by atoms with E-state index in [2.05, 4.69) is 20.6 Å². The Bertz CT molecular complexity index is 1250. The highest BCUT2D eigenvalue weighted by Crippen LogP contribution is 2.32. The maximum Gasteiger partial charge on any atom is 0.255 e. The van der Waals surface area contributed by atoms with E-state index < -0.39 is 12.1 Å². The van der Waals surface area contributed by atoms with Crippen LogP contribution in [0.3, 0.4) is 0 Å². The standard InChI is InChI=1S/C25H26ClN5O3/c1-14-5-4-6-16(9-14)21(13-32)29-23(33)15(2)31-12-18-8-7-17(10-19(18)24(31)34)22-20(26)11-28-25(27-3)30-22/h4-11,15,21,32H,12-13H2,1-3H3,(H,29,33)(H,27,28,30). The predicted molar refractivity (Wildman–Crippen MR) is 131 cm³/mol. The molecule has 2 unspecified atom stereocenters. The zero-order valence-corrected chi connectivity index (χ0v) is 19.9. The number of anilines is 1. The number of aryl methyl sites for hydroxylation is 1. The molecule has 8 nitrogen and oxygen atoms in total. The summed E-state index contributed by atoms with van der Waals surface area (Å²) in [6.07, 6.45) is 1.51. The average molecular weight is 480 g/mol. The lowest BCUT2D eigenvalue weighted by atomic mass is 10.0. The summed E-state index contributed by atoms with van der Waals surface area (Å²) in [5.74, 6) is -0.153. The summed E-state index contributed by atoms with van der Waals surface area (Å²) >= 11 is 6.30. The van der Waals surface area contributed by atoms with Gasteiger partial charge in [0.15, 0.2) is 0 Å². The molecule has 2 aromatic carbocycles. The SMILES string of the molecule is CNc1ncc(Cl)c(-c2ccc3c(c2)C(=O)N(C(C)C(=O)NC(CO)c2cccc(C)c2)C3)n1. The monoisotopic (exact) mass is 479 g/mol. The summed E-state index contributed by atoms with van der Waals surface area (Å²) in [5.41, 5.74) is 4.39. The summed E-state index contributed by atoms with van der Waals surface area (Å²) in [4.78, 5) is 36.2. The molecule has 3 aromatic rings. The number of fused-ring (bicyclic) bond motifs is 1. The quantitative estimate of drug-likeness (QED) is 0.479. The van der Waals surface area contributed by atoms with E-state index in [1.165, 1.54) is 11.1 Å². The summed E-state index contributed by atoms with van der Waals surface area (Å²) < 4.78 is 0. The maximum absolute atomic E-state index is 13.2. The van der Waals surface area contributed by atoms with Gasteiger partial charge in [-0.3, -0.25) is 9.59 Å². The van der Waals surface area contributed by atoms with Gasteiger partial charge in [-0.25, -0.2) is 9.97 Å². The molecule has 1 aromatic heterocycles. The first kappa shape index (κ1) is 23.7. The molecular formula is C25H26ClN5O3.